The van der Waals surface area contributed by atoms with E-state index in [9.17, 15) is 9.59 Å². The first kappa shape index (κ1) is 12.8. The second kappa shape index (κ2) is 4.54. The Kier molecular flexibility index (Phi) is 3.05. The maximum atomic E-state index is 11.9. The van der Waals surface area contributed by atoms with Crippen molar-refractivity contribution in [3.05, 3.63) is 46.5 Å². The number of hydrogen-bond donors (Lipinski definition) is 1. The zero-order valence-electron chi connectivity index (χ0n) is 10.7. The largest absolute Gasteiger partial charge is 0.398 e. The molecule has 94 valence electrons. The standard InChI is InChI=1S/C15H12N2O2/c1-8-5-10(7-16)9(2)14(15(8)17)12-6-11(18)3-4-13(12)19/h3-6H,17H2,1-2H3. The fourth-order valence-electron chi connectivity index (χ4n) is 2.10. The first-order valence-electron chi connectivity index (χ1n) is 5.74. The molecule has 4 heteroatoms. The molecule has 2 rings (SSSR count). The highest BCUT2D eigenvalue weighted by Gasteiger charge is 2.21. The van der Waals surface area contributed by atoms with Crippen LogP contribution in [0.3, 0.4) is 0 Å². The minimum absolute atomic E-state index is 0.253. The molecule has 0 bridgehead atoms. The molecule has 1 aliphatic rings. The molecular formula is C15H12N2O2. The molecule has 1 aromatic carbocycles. The van der Waals surface area contributed by atoms with Crippen molar-refractivity contribution in [3.63, 3.8) is 0 Å². The quantitative estimate of drug-likeness (QED) is 0.610. The SMILES string of the molecule is Cc1cc(C#N)c(C)c(C2=CC(=O)C=CC2=O)c1N. The minimum Gasteiger partial charge on any atom is -0.398 e. The molecule has 0 saturated carbocycles. The number of ketones is 2. The van der Waals surface area contributed by atoms with Crippen LogP contribution < -0.4 is 5.73 Å². The van der Waals surface area contributed by atoms with Crippen molar-refractivity contribution in [2.45, 2.75) is 13.8 Å². The molecule has 0 amide bonds. The lowest BCUT2D eigenvalue weighted by Gasteiger charge is -2.16. The highest BCUT2D eigenvalue weighted by molar-refractivity contribution is 6.35. The fourth-order valence-corrected chi connectivity index (χ4v) is 2.10. The number of allylic oxidation sites excluding steroid dienone is 4. The van der Waals surface area contributed by atoms with Gasteiger partial charge in [0.15, 0.2) is 11.6 Å². The van der Waals surface area contributed by atoms with E-state index < -0.39 is 0 Å². The predicted octanol–water partition coefficient (Wildman–Crippen LogP) is 1.85. The van der Waals surface area contributed by atoms with Gasteiger partial charge in [-0.25, -0.2) is 0 Å². The number of rotatable bonds is 1. The maximum absolute atomic E-state index is 11.9. The molecule has 0 saturated heterocycles. The van der Waals surface area contributed by atoms with E-state index in [1.54, 1.807) is 19.9 Å². The Morgan fingerprint density at radius 2 is 1.89 bits per heavy atom. The van der Waals surface area contributed by atoms with Gasteiger partial charge in [-0.1, -0.05) is 0 Å². The van der Waals surface area contributed by atoms with E-state index in [0.717, 1.165) is 0 Å². The predicted molar refractivity (Wildman–Crippen MR) is 72.2 cm³/mol. The first-order chi connectivity index (χ1) is 8.95. The number of carbonyl (C=O) groups excluding carboxylic acids is 2. The third-order valence-corrected chi connectivity index (χ3v) is 3.17. The van der Waals surface area contributed by atoms with Crippen molar-refractivity contribution in [3.8, 4) is 6.07 Å². The average Bonchev–Trinajstić information content (AvgIpc) is 2.38. The van der Waals surface area contributed by atoms with Gasteiger partial charge in [-0.05, 0) is 49.3 Å². The monoisotopic (exact) mass is 252 g/mol. The van der Waals surface area contributed by atoms with Gasteiger partial charge < -0.3 is 5.73 Å². The lowest BCUT2D eigenvalue weighted by Crippen LogP contribution is -2.11. The number of aryl methyl sites for hydroxylation is 1. The van der Waals surface area contributed by atoms with Crippen LogP contribution in [0.1, 0.15) is 22.3 Å². The van der Waals surface area contributed by atoms with E-state index in [2.05, 4.69) is 6.07 Å². The molecule has 0 aliphatic heterocycles. The molecule has 19 heavy (non-hydrogen) atoms. The van der Waals surface area contributed by atoms with Crippen molar-refractivity contribution in [1.82, 2.24) is 0 Å². The number of benzene rings is 1. The summed E-state index contributed by atoms with van der Waals surface area (Å²) in [6.07, 6.45) is 3.71. The smallest absolute Gasteiger partial charge is 0.186 e. The first-order valence-corrected chi connectivity index (χ1v) is 5.74. The summed E-state index contributed by atoms with van der Waals surface area (Å²) in [7, 11) is 0. The summed E-state index contributed by atoms with van der Waals surface area (Å²) in [5.74, 6) is -0.530. The van der Waals surface area contributed by atoms with Crippen molar-refractivity contribution < 1.29 is 9.59 Å². The van der Waals surface area contributed by atoms with Crippen LogP contribution in [0.5, 0.6) is 0 Å². The second-order valence-corrected chi connectivity index (χ2v) is 4.42. The third-order valence-electron chi connectivity index (χ3n) is 3.17. The van der Waals surface area contributed by atoms with Crippen LogP contribution in [0.25, 0.3) is 5.57 Å². The van der Waals surface area contributed by atoms with Gasteiger partial charge >= 0.3 is 0 Å². The molecule has 0 fully saturated rings. The van der Waals surface area contributed by atoms with Crippen LogP contribution in [-0.2, 0) is 9.59 Å². The van der Waals surface area contributed by atoms with Crippen LogP contribution in [0.4, 0.5) is 5.69 Å². The van der Waals surface area contributed by atoms with Crippen molar-refractivity contribution in [2.75, 3.05) is 5.73 Å². The Morgan fingerprint density at radius 1 is 1.21 bits per heavy atom. The maximum Gasteiger partial charge on any atom is 0.186 e. The highest BCUT2D eigenvalue weighted by Crippen LogP contribution is 2.32. The number of nitrogen functional groups attached to an aromatic ring is 1. The van der Waals surface area contributed by atoms with Gasteiger partial charge in [0.05, 0.1) is 11.6 Å². The second-order valence-electron chi connectivity index (χ2n) is 4.42. The van der Waals surface area contributed by atoms with Crippen LogP contribution >= 0.6 is 0 Å². The van der Waals surface area contributed by atoms with E-state index in [1.807, 2.05) is 0 Å². The number of nitrogens with zero attached hydrogens (tertiary/aromatic N) is 1. The van der Waals surface area contributed by atoms with Gasteiger partial charge in [0.1, 0.15) is 0 Å². The number of carbonyl (C=O) groups is 2. The molecule has 0 aromatic heterocycles. The molecule has 0 spiro atoms. The summed E-state index contributed by atoms with van der Waals surface area (Å²) in [6, 6.07) is 3.75. The van der Waals surface area contributed by atoms with E-state index >= 15 is 0 Å². The lowest BCUT2D eigenvalue weighted by molar-refractivity contribution is -0.113. The van der Waals surface area contributed by atoms with Gasteiger partial charge in [0, 0.05) is 16.8 Å². The Morgan fingerprint density at radius 3 is 2.53 bits per heavy atom. The summed E-state index contributed by atoms with van der Waals surface area (Å²) >= 11 is 0. The third kappa shape index (κ3) is 2.06. The van der Waals surface area contributed by atoms with E-state index in [-0.39, 0.29) is 17.1 Å². The molecule has 0 heterocycles. The highest BCUT2D eigenvalue weighted by atomic mass is 16.1. The number of nitriles is 1. The van der Waals surface area contributed by atoms with Gasteiger partial charge in [-0.3, -0.25) is 9.59 Å². The lowest BCUT2D eigenvalue weighted by atomic mass is 9.88. The van der Waals surface area contributed by atoms with Gasteiger partial charge in [0.25, 0.3) is 0 Å². The van der Waals surface area contributed by atoms with Crippen LogP contribution in [-0.4, -0.2) is 11.6 Å². The molecule has 2 N–H and O–H groups in total. The van der Waals surface area contributed by atoms with E-state index in [0.29, 0.717) is 27.9 Å². The molecule has 0 radical (unpaired) electrons. The van der Waals surface area contributed by atoms with Crippen molar-refractivity contribution in [1.29, 1.82) is 5.26 Å². The topological polar surface area (TPSA) is 84.0 Å². The summed E-state index contributed by atoms with van der Waals surface area (Å²) in [5, 5.41) is 9.10. The molecule has 1 aromatic rings. The summed E-state index contributed by atoms with van der Waals surface area (Å²) < 4.78 is 0. The molecule has 4 nitrogen and oxygen atoms in total. The van der Waals surface area contributed by atoms with E-state index in [1.165, 1.54) is 18.2 Å². The van der Waals surface area contributed by atoms with Crippen LogP contribution in [0.2, 0.25) is 0 Å². The Hall–Kier alpha value is -2.67. The van der Waals surface area contributed by atoms with Gasteiger partial charge in [0.2, 0.25) is 0 Å². The zero-order valence-corrected chi connectivity index (χ0v) is 10.7. The molecule has 0 unspecified atom stereocenters. The number of anilines is 1. The van der Waals surface area contributed by atoms with Crippen molar-refractivity contribution in [2.24, 2.45) is 0 Å². The Labute approximate surface area is 110 Å². The average molecular weight is 252 g/mol. The van der Waals surface area contributed by atoms with Gasteiger partial charge in [-0.2, -0.15) is 5.26 Å². The minimum atomic E-state index is -0.274. The molecule has 1 aliphatic carbocycles. The zero-order chi connectivity index (χ0) is 14.2. The number of nitrogens with two attached hydrogens (primary N) is 1. The van der Waals surface area contributed by atoms with Crippen LogP contribution in [0, 0.1) is 25.2 Å². The normalized spacial score (nSPS) is 14.3. The Balaban J connectivity index is 2.77. The fraction of sp³-hybridized carbons (Fsp3) is 0.133. The van der Waals surface area contributed by atoms with E-state index in [4.69, 9.17) is 11.0 Å². The van der Waals surface area contributed by atoms with Crippen LogP contribution in [0.15, 0.2) is 24.3 Å². The summed E-state index contributed by atoms with van der Waals surface area (Å²) in [4.78, 5) is 23.3. The van der Waals surface area contributed by atoms with Gasteiger partial charge in [-0.15, -0.1) is 0 Å². The van der Waals surface area contributed by atoms with Crippen molar-refractivity contribution >= 4 is 22.8 Å². The Bertz CT molecular complexity index is 704. The molecular weight excluding hydrogens is 240 g/mol. The summed E-state index contributed by atoms with van der Waals surface area (Å²) in [6.45, 7) is 3.49. The number of hydrogen-bond acceptors (Lipinski definition) is 4. The molecule has 0 atom stereocenters. The summed E-state index contributed by atoms with van der Waals surface area (Å²) in [5.41, 5.74) is 8.97.